The second kappa shape index (κ2) is 8.46. The lowest BCUT2D eigenvalue weighted by molar-refractivity contribution is -0.384. The van der Waals surface area contributed by atoms with Crippen molar-refractivity contribution in [3.63, 3.8) is 0 Å². The second-order valence-corrected chi connectivity index (χ2v) is 6.36. The zero-order chi connectivity index (χ0) is 18.4. The Morgan fingerprint density at radius 1 is 1.20 bits per heavy atom. The van der Waals surface area contributed by atoms with Crippen molar-refractivity contribution in [3.8, 4) is 0 Å². The lowest BCUT2D eigenvalue weighted by Crippen LogP contribution is -2.36. The van der Waals surface area contributed by atoms with Gasteiger partial charge < -0.3 is 15.5 Å². The third kappa shape index (κ3) is 4.91. The van der Waals surface area contributed by atoms with Crippen LogP contribution in [0.2, 0.25) is 0 Å². The van der Waals surface area contributed by atoms with Gasteiger partial charge in [-0.2, -0.15) is 0 Å². The van der Waals surface area contributed by atoms with E-state index in [4.69, 9.17) is 0 Å². The number of carbonyl (C=O) groups excluding carboxylic acids is 2. The van der Waals surface area contributed by atoms with E-state index < -0.39 is 10.8 Å². The van der Waals surface area contributed by atoms with Gasteiger partial charge in [0.1, 0.15) is 5.69 Å². The maximum Gasteiger partial charge on any atom is 0.293 e. The third-order valence-electron chi connectivity index (χ3n) is 4.12. The molecule has 1 aromatic rings. The maximum absolute atomic E-state index is 12.2. The van der Waals surface area contributed by atoms with Crippen LogP contribution in [0.5, 0.6) is 0 Å². The van der Waals surface area contributed by atoms with Crippen LogP contribution in [0.1, 0.15) is 37.0 Å². The first-order chi connectivity index (χ1) is 11.9. The fourth-order valence-corrected chi connectivity index (χ4v) is 2.70. The highest BCUT2D eigenvalue weighted by Gasteiger charge is 2.23. The maximum atomic E-state index is 12.2. The van der Waals surface area contributed by atoms with E-state index in [1.54, 1.807) is 26.0 Å². The van der Waals surface area contributed by atoms with Gasteiger partial charge in [-0.15, -0.1) is 0 Å². The van der Waals surface area contributed by atoms with Crippen molar-refractivity contribution in [2.45, 2.75) is 26.7 Å². The molecule has 8 heteroatoms. The van der Waals surface area contributed by atoms with E-state index in [1.807, 2.05) is 4.90 Å². The Hall–Kier alpha value is -2.64. The number of nitrogens with zero attached hydrogens (tertiary/aromatic N) is 2. The van der Waals surface area contributed by atoms with E-state index >= 15 is 0 Å². The van der Waals surface area contributed by atoms with E-state index in [0.717, 1.165) is 25.9 Å². The molecule has 1 aliphatic rings. The molecule has 1 aliphatic heterocycles. The second-order valence-electron chi connectivity index (χ2n) is 6.36. The van der Waals surface area contributed by atoms with Crippen molar-refractivity contribution >= 4 is 23.2 Å². The molecule has 1 saturated heterocycles. The summed E-state index contributed by atoms with van der Waals surface area (Å²) in [7, 11) is 0. The molecule has 0 saturated carbocycles. The van der Waals surface area contributed by atoms with Crippen LogP contribution in [0, 0.1) is 16.0 Å². The topological polar surface area (TPSA) is 105 Å². The fourth-order valence-electron chi connectivity index (χ4n) is 2.70. The molecule has 136 valence electrons. The zero-order valence-electron chi connectivity index (χ0n) is 14.6. The highest BCUT2D eigenvalue weighted by molar-refractivity contribution is 5.95. The first-order valence-electron chi connectivity index (χ1n) is 8.49. The third-order valence-corrected chi connectivity index (χ3v) is 4.12. The van der Waals surface area contributed by atoms with Crippen molar-refractivity contribution in [2.75, 3.05) is 31.1 Å². The molecule has 2 N–H and O–H groups in total. The zero-order valence-corrected chi connectivity index (χ0v) is 14.6. The van der Waals surface area contributed by atoms with Crippen LogP contribution >= 0.6 is 0 Å². The van der Waals surface area contributed by atoms with Gasteiger partial charge in [0, 0.05) is 43.7 Å². The van der Waals surface area contributed by atoms with E-state index in [2.05, 4.69) is 10.6 Å². The van der Waals surface area contributed by atoms with Crippen molar-refractivity contribution in [1.82, 2.24) is 10.6 Å². The van der Waals surface area contributed by atoms with Gasteiger partial charge in [-0.3, -0.25) is 19.7 Å². The molecule has 0 atom stereocenters. The minimum absolute atomic E-state index is 0.0531. The number of benzene rings is 1. The molecule has 0 unspecified atom stereocenters. The Bertz CT molecular complexity index is 654. The largest absolute Gasteiger partial charge is 0.366 e. The lowest BCUT2D eigenvalue weighted by atomic mass is 10.1. The van der Waals surface area contributed by atoms with Gasteiger partial charge in [0.15, 0.2) is 0 Å². The van der Waals surface area contributed by atoms with Crippen molar-refractivity contribution in [2.24, 2.45) is 5.92 Å². The Labute approximate surface area is 146 Å². The predicted molar refractivity (Wildman–Crippen MR) is 94.7 cm³/mol. The SMILES string of the molecule is CC(C)C(=O)NCCNC(=O)c1ccc(N2CCCC2)c([N+](=O)[O-])c1. The molecule has 0 aliphatic carbocycles. The van der Waals surface area contributed by atoms with E-state index in [9.17, 15) is 19.7 Å². The van der Waals surface area contributed by atoms with Crippen LogP contribution in [0.4, 0.5) is 11.4 Å². The summed E-state index contributed by atoms with van der Waals surface area (Å²) in [6.45, 7) is 5.74. The van der Waals surface area contributed by atoms with Gasteiger partial charge in [0.2, 0.25) is 5.91 Å². The minimum atomic E-state index is -0.451. The molecule has 0 bridgehead atoms. The number of hydrogen-bond acceptors (Lipinski definition) is 5. The molecule has 1 fully saturated rings. The first kappa shape index (κ1) is 18.7. The monoisotopic (exact) mass is 348 g/mol. The Morgan fingerprint density at radius 2 is 1.84 bits per heavy atom. The van der Waals surface area contributed by atoms with Gasteiger partial charge in [-0.25, -0.2) is 0 Å². The molecular formula is C17H24N4O4. The number of hydrogen-bond donors (Lipinski definition) is 2. The molecule has 2 amide bonds. The molecule has 1 aromatic carbocycles. The number of nitrogens with one attached hydrogen (secondary N) is 2. The summed E-state index contributed by atoms with van der Waals surface area (Å²) >= 11 is 0. The number of nitro benzene ring substituents is 1. The highest BCUT2D eigenvalue weighted by Crippen LogP contribution is 2.31. The fraction of sp³-hybridized carbons (Fsp3) is 0.529. The van der Waals surface area contributed by atoms with Crippen molar-refractivity contribution in [1.29, 1.82) is 0 Å². The Kier molecular flexibility index (Phi) is 6.32. The van der Waals surface area contributed by atoms with Crippen LogP contribution in [-0.2, 0) is 4.79 Å². The first-order valence-corrected chi connectivity index (χ1v) is 8.49. The summed E-state index contributed by atoms with van der Waals surface area (Å²) < 4.78 is 0. The summed E-state index contributed by atoms with van der Waals surface area (Å²) in [5.74, 6) is -0.591. The van der Waals surface area contributed by atoms with Crippen LogP contribution in [0.15, 0.2) is 18.2 Å². The van der Waals surface area contributed by atoms with Gasteiger partial charge in [-0.05, 0) is 25.0 Å². The molecule has 1 heterocycles. The Morgan fingerprint density at radius 3 is 2.44 bits per heavy atom. The minimum Gasteiger partial charge on any atom is -0.366 e. The van der Waals surface area contributed by atoms with E-state index in [-0.39, 0.29) is 29.6 Å². The molecule has 2 rings (SSSR count). The summed E-state index contributed by atoms with van der Waals surface area (Å²) in [4.78, 5) is 36.5. The standard InChI is InChI=1S/C17H24N4O4/c1-12(2)16(22)18-7-8-19-17(23)13-5-6-14(15(11-13)21(24)25)20-9-3-4-10-20/h5-6,11-12H,3-4,7-10H2,1-2H3,(H,18,22)(H,19,23). The van der Waals surface area contributed by atoms with E-state index in [0.29, 0.717) is 12.2 Å². The molecule has 25 heavy (non-hydrogen) atoms. The van der Waals surface area contributed by atoms with Gasteiger partial charge in [0.25, 0.3) is 11.6 Å². The molecule has 0 aromatic heterocycles. The summed E-state index contributed by atoms with van der Waals surface area (Å²) in [5, 5.41) is 16.7. The molecule has 0 radical (unpaired) electrons. The molecule has 8 nitrogen and oxygen atoms in total. The average Bonchev–Trinajstić information content (AvgIpc) is 3.11. The number of amides is 2. The predicted octanol–water partition coefficient (Wildman–Crippen LogP) is 1.70. The highest BCUT2D eigenvalue weighted by atomic mass is 16.6. The van der Waals surface area contributed by atoms with Crippen molar-refractivity contribution < 1.29 is 14.5 Å². The van der Waals surface area contributed by atoms with Crippen LogP contribution in [0.25, 0.3) is 0 Å². The quantitative estimate of drug-likeness (QED) is 0.443. The van der Waals surface area contributed by atoms with Crippen LogP contribution < -0.4 is 15.5 Å². The number of carbonyl (C=O) groups is 2. The van der Waals surface area contributed by atoms with Gasteiger partial charge in [-0.1, -0.05) is 13.8 Å². The summed E-state index contributed by atoms with van der Waals surface area (Å²) in [6.07, 6.45) is 2.03. The Balaban J connectivity index is 1.99. The van der Waals surface area contributed by atoms with Crippen LogP contribution in [-0.4, -0.2) is 42.9 Å². The van der Waals surface area contributed by atoms with Crippen LogP contribution in [0.3, 0.4) is 0 Å². The van der Waals surface area contributed by atoms with Gasteiger partial charge >= 0.3 is 0 Å². The normalized spacial score (nSPS) is 13.8. The van der Waals surface area contributed by atoms with Crippen molar-refractivity contribution in [3.05, 3.63) is 33.9 Å². The summed E-state index contributed by atoms with van der Waals surface area (Å²) in [5.41, 5.74) is 0.746. The smallest absolute Gasteiger partial charge is 0.293 e. The summed E-state index contributed by atoms with van der Waals surface area (Å²) in [6, 6.07) is 4.55. The molecular weight excluding hydrogens is 324 g/mol. The number of anilines is 1. The van der Waals surface area contributed by atoms with Gasteiger partial charge in [0.05, 0.1) is 4.92 Å². The number of rotatable bonds is 7. The lowest BCUT2D eigenvalue weighted by Gasteiger charge is -2.17. The number of nitro groups is 1. The molecule has 0 spiro atoms. The average molecular weight is 348 g/mol. The van der Waals surface area contributed by atoms with E-state index in [1.165, 1.54) is 6.07 Å².